The van der Waals surface area contributed by atoms with E-state index in [1.807, 2.05) is 24.3 Å². The Kier molecular flexibility index (Phi) is 4.98. The summed E-state index contributed by atoms with van der Waals surface area (Å²) in [6.07, 6.45) is 3.16. The molecule has 7 nitrogen and oxygen atoms in total. The van der Waals surface area contributed by atoms with E-state index < -0.39 is 17.9 Å². The van der Waals surface area contributed by atoms with Crippen LogP contribution in [0.3, 0.4) is 0 Å². The van der Waals surface area contributed by atoms with Crippen LogP contribution < -0.4 is 15.5 Å². The lowest BCUT2D eigenvalue weighted by atomic mass is 10.2. The summed E-state index contributed by atoms with van der Waals surface area (Å²) in [5.41, 5.74) is 1.81. The summed E-state index contributed by atoms with van der Waals surface area (Å²) in [7, 11) is 0. The number of esters is 1. The summed E-state index contributed by atoms with van der Waals surface area (Å²) >= 11 is 0. The van der Waals surface area contributed by atoms with Gasteiger partial charge in [-0.2, -0.15) is 0 Å². The van der Waals surface area contributed by atoms with Crippen molar-refractivity contribution in [3.05, 3.63) is 24.3 Å². The third-order valence-corrected chi connectivity index (χ3v) is 4.25. The second-order valence-corrected chi connectivity index (χ2v) is 6.06. The number of hydrogen-bond acceptors (Lipinski definition) is 5. The molecule has 0 aliphatic carbocycles. The van der Waals surface area contributed by atoms with Gasteiger partial charge in [0, 0.05) is 30.9 Å². The predicted molar refractivity (Wildman–Crippen MR) is 88.6 cm³/mol. The maximum absolute atomic E-state index is 11.9. The highest BCUT2D eigenvalue weighted by atomic mass is 16.5. The smallest absolute Gasteiger partial charge is 0.329 e. The zero-order valence-corrected chi connectivity index (χ0v) is 13.4. The zero-order valence-electron chi connectivity index (χ0n) is 13.4. The number of carbonyl (C=O) groups is 3. The van der Waals surface area contributed by atoms with Crippen molar-refractivity contribution in [2.75, 3.05) is 29.9 Å². The van der Waals surface area contributed by atoms with E-state index in [1.54, 1.807) is 0 Å². The van der Waals surface area contributed by atoms with E-state index in [0.717, 1.165) is 18.8 Å². The van der Waals surface area contributed by atoms with E-state index >= 15 is 0 Å². The molecule has 0 spiro atoms. The molecule has 0 saturated carbocycles. The van der Waals surface area contributed by atoms with Gasteiger partial charge in [0.05, 0.1) is 0 Å². The van der Waals surface area contributed by atoms with Gasteiger partial charge in [-0.25, -0.2) is 4.79 Å². The van der Waals surface area contributed by atoms with Crippen molar-refractivity contribution in [2.24, 2.45) is 0 Å². The molecule has 2 aliphatic rings. The molecule has 1 aromatic carbocycles. The maximum Gasteiger partial charge on any atom is 0.329 e. The molecule has 7 heteroatoms. The highest BCUT2D eigenvalue weighted by molar-refractivity contribution is 5.94. The minimum Gasteiger partial charge on any atom is -0.454 e. The molecule has 128 valence electrons. The molecule has 2 saturated heterocycles. The summed E-state index contributed by atoms with van der Waals surface area (Å²) in [4.78, 5) is 36.9. The largest absolute Gasteiger partial charge is 0.454 e. The Balaban J connectivity index is 1.44. The molecule has 2 N–H and O–H groups in total. The van der Waals surface area contributed by atoms with Gasteiger partial charge in [-0.1, -0.05) is 0 Å². The highest BCUT2D eigenvalue weighted by Gasteiger charge is 2.28. The van der Waals surface area contributed by atoms with Crippen LogP contribution in [-0.4, -0.2) is 43.5 Å². The first-order valence-electron chi connectivity index (χ1n) is 8.23. The normalized spacial score (nSPS) is 19.9. The Morgan fingerprint density at radius 1 is 1.21 bits per heavy atom. The lowest BCUT2D eigenvalue weighted by Gasteiger charge is -2.17. The highest BCUT2D eigenvalue weighted by Crippen LogP contribution is 2.22. The number of hydrogen-bond donors (Lipinski definition) is 2. The monoisotopic (exact) mass is 331 g/mol. The Morgan fingerprint density at radius 3 is 2.54 bits per heavy atom. The molecule has 2 fully saturated rings. The molecule has 2 heterocycles. The summed E-state index contributed by atoms with van der Waals surface area (Å²) in [6.45, 7) is 1.78. The number of benzene rings is 1. The number of nitrogens with one attached hydrogen (secondary N) is 2. The maximum atomic E-state index is 11.9. The van der Waals surface area contributed by atoms with Gasteiger partial charge in [0.15, 0.2) is 6.61 Å². The van der Waals surface area contributed by atoms with Gasteiger partial charge >= 0.3 is 5.97 Å². The summed E-state index contributed by atoms with van der Waals surface area (Å²) in [5.74, 6) is -1.14. The molecule has 0 unspecified atom stereocenters. The molecule has 2 amide bonds. The van der Waals surface area contributed by atoms with Gasteiger partial charge in [0.25, 0.3) is 5.91 Å². The molecule has 1 atom stereocenters. The third-order valence-electron chi connectivity index (χ3n) is 4.25. The molecule has 0 radical (unpaired) electrons. The van der Waals surface area contributed by atoms with Crippen LogP contribution >= 0.6 is 0 Å². The van der Waals surface area contributed by atoms with Crippen LogP contribution in [0.25, 0.3) is 0 Å². The summed E-state index contributed by atoms with van der Waals surface area (Å²) < 4.78 is 4.94. The first-order valence-corrected chi connectivity index (χ1v) is 8.23. The number of rotatable bonds is 5. The van der Waals surface area contributed by atoms with Crippen LogP contribution in [0.5, 0.6) is 0 Å². The fourth-order valence-corrected chi connectivity index (χ4v) is 2.96. The van der Waals surface area contributed by atoms with Crippen molar-refractivity contribution in [3.63, 3.8) is 0 Å². The van der Waals surface area contributed by atoms with E-state index in [0.29, 0.717) is 18.5 Å². The Hall–Kier alpha value is -2.57. The fraction of sp³-hybridized carbons (Fsp3) is 0.471. The van der Waals surface area contributed by atoms with Crippen molar-refractivity contribution < 1.29 is 19.1 Å². The van der Waals surface area contributed by atoms with E-state index in [-0.39, 0.29) is 12.5 Å². The van der Waals surface area contributed by atoms with Gasteiger partial charge in [0.2, 0.25) is 5.91 Å². The van der Waals surface area contributed by atoms with Crippen molar-refractivity contribution >= 4 is 29.2 Å². The number of amides is 2. The molecule has 0 aromatic heterocycles. The van der Waals surface area contributed by atoms with Crippen LogP contribution in [0.4, 0.5) is 11.4 Å². The van der Waals surface area contributed by atoms with E-state index in [9.17, 15) is 14.4 Å². The van der Waals surface area contributed by atoms with Gasteiger partial charge in [0.1, 0.15) is 6.04 Å². The van der Waals surface area contributed by atoms with Gasteiger partial charge in [-0.05, 0) is 43.5 Å². The van der Waals surface area contributed by atoms with Crippen molar-refractivity contribution in [3.8, 4) is 0 Å². The van der Waals surface area contributed by atoms with Crippen molar-refractivity contribution in [1.82, 2.24) is 5.32 Å². The van der Waals surface area contributed by atoms with Gasteiger partial charge < -0.3 is 20.3 Å². The minimum atomic E-state index is -0.634. The number of ether oxygens (including phenoxy) is 1. The molecule has 24 heavy (non-hydrogen) atoms. The lowest BCUT2D eigenvalue weighted by Crippen LogP contribution is -2.36. The average Bonchev–Trinajstić information content (AvgIpc) is 3.25. The number of nitrogens with zero attached hydrogens (tertiary/aromatic N) is 1. The molecule has 0 bridgehead atoms. The molecular weight excluding hydrogens is 310 g/mol. The second-order valence-electron chi connectivity index (χ2n) is 6.06. The van der Waals surface area contributed by atoms with E-state index in [1.165, 1.54) is 12.8 Å². The second kappa shape index (κ2) is 7.33. The fourth-order valence-electron chi connectivity index (χ4n) is 2.96. The van der Waals surface area contributed by atoms with Crippen LogP contribution in [0, 0.1) is 0 Å². The van der Waals surface area contributed by atoms with Crippen molar-refractivity contribution in [1.29, 1.82) is 0 Å². The Bertz CT molecular complexity index is 623. The van der Waals surface area contributed by atoms with Gasteiger partial charge in [-0.3, -0.25) is 9.59 Å². The van der Waals surface area contributed by atoms with E-state index in [4.69, 9.17) is 4.74 Å². The average molecular weight is 331 g/mol. The Labute approximate surface area is 140 Å². The first-order chi connectivity index (χ1) is 11.6. The summed E-state index contributed by atoms with van der Waals surface area (Å²) in [6, 6.07) is 6.99. The minimum absolute atomic E-state index is 0.167. The molecule has 2 aliphatic heterocycles. The van der Waals surface area contributed by atoms with Crippen LogP contribution in [0.1, 0.15) is 25.7 Å². The quantitative estimate of drug-likeness (QED) is 0.788. The molecular formula is C17H21N3O4. The van der Waals surface area contributed by atoms with E-state index in [2.05, 4.69) is 15.5 Å². The SMILES string of the molecule is O=C(COC(=O)[C@@H]1CCC(=O)N1)Nc1ccc(N2CCCC2)cc1. The summed E-state index contributed by atoms with van der Waals surface area (Å²) in [5, 5.41) is 5.20. The lowest BCUT2D eigenvalue weighted by molar-refractivity contribution is -0.149. The standard InChI is InChI=1S/C17H21N3O4/c21-15-8-7-14(19-15)17(23)24-11-16(22)18-12-3-5-13(6-4-12)20-9-1-2-10-20/h3-6,14H,1-2,7-11H2,(H,18,22)(H,19,21)/t14-/m0/s1. The van der Waals surface area contributed by atoms with Crippen LogP contribution in [0.15, 0.2) is 24.3 Å². The van der Waals surface area contributed by atoms with Crippen molar-refractivity contribution in [2.45, 2.75) is 31.7 Å². The molecule has 3 rings (SSSR count). The number of carbonyl (C=O) groups excluding carboxylic acids is 3. The first kappa shape index (κ1) is 16.3. The predicted octanol–water partition coefficient (Wildman–Crippen LogP) is 1.05. The Morgan fingerprint density at radius 2 is 1.92 bits per heavy atom. The topological polar surface area (TPSA) is 87.7 Å². The number of anilines is 2. The van der Waals surface area contributed by atoms with Crippen LogP contribution in [-0.2, 0) is 19.1 Å². The molecule has 1 aromatic rings. The van der Waals surface area contributed by atoms with Crippen LogP contribution in [0.2, 0.25) is 0 Å². The zero-order chi connectivity index (χ0) is 16.9. The third kappa shape index (κ3) is 4.04. The van der Waals surface area contributed by atoms with Gasteiger partial charge in [-0.15, -0.1) is 0 Å².